The summed E-state index contributed by atoms with van der Waals surface area (Å²) in [6.07, 6.45) is 0. The number of para-hydroxylation sites is 1. The van der Waals surface area contributed by atoms with E-state index in [1.165, 1.54) is 0 Å². The van der Waals surface area contributed by atoms with Crippen LogP contribution in [0.15, 0.2) is 47.0 Å². The van der Waals surface area contributed by atoms with Crippen LogP contribution in [0.1, 0.15) is 40.6 Å². The summed E-state index contributed by atoms with van der Waals surface area (Å²) in [5.74, 6) is 2.36. The zero-order valence-electron chi connectivity index (χ0n) is 16.8. The van der Waals surface area contributed by atoms with E-state index in [2.05, 4.69) is 15.5 Å². The molecule has 0 fully saturated rings. The third-order valence-electron chi connectivity index (χ3n) is 4.31. The van der Waals surface area contributed by atoms with Crippen molar-refractivity contribution in [2.75, 3.05) is 14.2 Å². The van der Waals surface area contributed by atoms with Crippen molar-refractivity contribution in [2.24, 2.45) is 0 Å². The number of aromatic nitrogens is 2. The van der Waals surface area contributed by atoms with Gasteiger partial charge in [0, 0.05) is 12.5 Å². The number of carbonyl (C=O) groups is 1. The lowest BCUT2D eigenvalue weighted by Crippen LogP contribution is -2.27. The summed E-state index contributed by atoms with van der Waals surface area (Å²) >= 11 is 0. The first kappa shape index (κ1) is 20.2. The summed E-state index contributed by atoms with van der Waals surface area (Å²) in [7, 11) is 3.18. The van der Waals surface area contributed by atoms with E-state index in [4.69, 9.17) is 18.7 Å². The highest BCUT2D eigenvalue weighted by atomic mass is 16.5. The molecule has 1 aromatic heterocycles. The van der Waals surface area contributed by atoms with Crippen molar-refractivity contribution in [3.05, 3.63) is 65.3 Å². The Morgan fingerprint density at radius 1 is 1.14 bits per heavy atom. The second kappa shape index (κ2) is 9.09. The molecule has 3 rings (SSSR count). The SMILES string of the molecule is COc1ccc(OC)c(C(C)NC(=O)c2ccccc2OCc2noc(C)n2)c1. The lowest BCUT2D eigenvalue weighted by Gasteiger charge is -2.19. The maximum atomic E-state index is 12.9. The molecular weight excluding hydrogens is 374 g/mol. The molecular formula is C21H23N3O5. The van der Waals surface area contributed by atoms with Gasteiger partial charge in [0.1, 0.15) is 17.2 Å². The van der Waals surface area contributed by atoms with Gasteiger partial charge in [-0.05, 0) is 37.3 Å². The number of nitrogens with zero attached hydrogens (tertiary/aromatic N) is 2. The van der Waals surface area contributed by atoms with Gasteiger partial charge in [0.15, 0.2) is 6.61 Å². The van der Waals surface area contributed by atoms with Crippen molar-refractivity contribution in [1.82, 2.24) is 15.5 Å². The standard InChI is InChI=1S/C21H23N3O5/c1-13(17-11-15(26-3)9-10-18(17)27-4)22-21(25)16-7-5-6-8-19(16)28-12-20-23-14(2)29-24-20/h5-11,13H,12H2,1-4H3,(H,22,25). The topological polar surface area (TPSA) is 95.7 Å². The van der Waals surface area contributed by atoms with Crippen LogP contribution in [0.25, 0.3) is 0 Å². The van der Waals surface area contributed by atoms with E-state index in [0.29, 0.717) is 34.5 Å². The van der Waals surface area contributed by atoms with Gasteiger partial charge >= 0.3 is 0 Å². The molecule has 0 aliphatic carbocycles. The van der Waals surface area contributed by atoms with Gasteiger partial charge in [0.2, 0.25) is 11.7 Å². The van der Waals surface area contributed by atoms with Crippen molar-refractivity contribution < 1.29 is 23.5 Å². The Bertz CT molecular complexity index is 986. The van der Waals surface area contributed by atoms with Gasteiger partial charge in [0.25, 0.3) is 5.91 Å². The van der Waals surface area contributed by atoms with Gasteiger partial charge in [-0.15, -0.1) is 0 Å². The van der Waals surface area contributed by atoms with E-state index in [1.54, 1.807) is 57.5 Å². The Kier molecular flexibility index (Phi) is 6.33. The van der Waals surface area contributed by atoms with Crippen molar-refractivity contribution >= 4 is 5.91 Å². The Balaban J connectivity index is 1.75. The van der Waals surface area contributed by atoms with Crippen LogP contribution < -0.4 is 19.5 Å². The smallest absolute Gasteiger partial charge is 0.255 e. The van der Waals surface area contributed by atoms with Gasteiger partial charge in [-0.2, -0.15) is 4.98 Å². The number of hydrogen-bond donors (Lipinski definition) is 1. The molecule has 1 atom stereocenters. The van der Waals surface area contributed by atoms with Crippen molar-refractivity contribution in [1.29, 1.82) is 0 Å². The minimum absolute atomic E-state index is 0.0981. The molecule has 0 saturated carbocycles. The van der Waals surface area contributed by atoms with Gasteiger partial charge in [0.05, 0.1) is 25.8 Å². The highest BCUT2D eigenvalue weighted by Gasteiger charge is 2.19. The number of nitrogens with one attached hydrogen (secondary N) is 1. The average Bonchev–Trinajstić information content (AvgIpc) is 3.16. The maximum Gasteiger partial charge on any atom is 0.255 e. The third kappa shape index (κ3) is 4.84. The normalized spacial score (nSPS) is 11.6. The lowest BCUT2D eigenvalue weighted by atomic mass is 10.1. The Morgan fingerprint density at radius 3 is 2.62 bits per heavy atom. The molecule has 0 bridgehead atoms. The number of rotatable bonds is 8. The van der Waals surface area contributed by atoms with E-state index < -0.39 is 0 Å². The van der Waals surface area contributed by atoms with Crippen LogP contribution in [0.5, 0.6) is 17.2 Å². The first-order chi connectivity index (χ1) is 14.0. The number of amides is 1. The molecule has 1 heterocycles. The molecule has 29 heavy (non-hydrogen) atoms. The Morgan fingerprint density at radius 2 is 1.93 bits per heavy atom. The molecule has 1 amide bonds. The monoisotopic (exact) mass is 397 g/mol. The molecule has 0 spiro atoms. The number of benzene rings is 2. The molecule has 1 N–H and O–H groups in total. The van der Waals surface area contributed by atoms with E-state index in [-0.39, 0.29) is 18.6 Å². The van der Waals surface area contributed by atoms with Crippen LogP contribution >= 0.6 is 0 Å². The number of hydrogen-bond acceptors (Lipinski definition) is 7. The summed E-state index contributed by atoms with van der Waals surface area (Å²) in [5, 5.41) is 6.77. The molecule has 2 aromatic carbocycles. The van der Waals surface area contributed by atoms with Crippen LogP contribution in [0.3, 0.4) is 0 Å². The number of carbonyl (C=O) groups excluding carboxylic acids is 1. The highest BCUT2D eigenvalue weighted by Crippen LogP contribution is 2.30. The van der Waals surface area contributed by atoms with Crippen molar-refractivity contribution in [3.8, 4) is 17.2 Å². The minimum atomic E-state index is -0.319. The van der Waals surface area contributed by atoms with Crippen LogP contribution in [-0.4, -0.2) is 30.3 Å². The Hall–Kier alpha value is -3.55. The highest BCUT2D eigenvalue weighted by molar-refractivity contribution is 5.97. The fourth-order valence-electron chi connectivity index (χ4n) is 2.85. The third-order valence-corrected chi connectivity index (χ3v) is 4.31. The average molecular weight is 397 g/mol. The van der Waals surface area contributed by atoms with E-state index in [9.17, 15) is 4.79 Å². The number of ether oxygens (including phenoxy) is 3. The van der Waals surface area contributed by atoms with Crippen molar-refractivity contribution in [2.45, 2.75) is 26.5 Å². The van der Waals surface area contributed by atoms with E-state index in [0.717, 1.165) is 5.56 Å². The molecule has 0 saturated heterocycles. The minimum Gasteiger partial charge on any atom is -0.497 e. The number of aryl methyl sites for hydroxylation is 1. The van der Waals surface area contributed by atoms with Crippen LogP contribution in [0.4, 0.5) is 0 Å². The zero-order valence-corrected chi connectivity index (χ0v) is 16.8. The summed E-state index contributed by atoms with van der Waals surface area (Å²) in [6, 6.07) is 12.1. The summed E-state index contributed by atoms with van der Waals surface area (Å²) in [5.41, 5.74) is 1.21. The van der Waals surface area contributed by atoms with Gasteiger partial charge in [-0.3, -0.25) is 4.79 Å². The van der Waals surface area contributed by atoms with Crippen molar-refractivity contribution in [3.63, 3.8) is 0 Å². The van der Waals surface area contributed by atoms with Gasteiger partial charge < -0.3 is 24.1 Å². The van der Waals surface area contributed by atoms with Crippen LogP contribution in [-0.2, 0) is 6.61 Å². The van der Waals surface area contributed by atoms with Gasteiger partial charge in [-0.1, -0.05) is 17.3 Å². The largest absolute Gasteiger partial charge is 0.497 e. The first-order valence-corrected chi connectivity index (χ1v) is 9.05. The molecule has 3 aromatic rings. The Labute approximate surface area is 168 Å². The lowest BCUT2D eigenvalue weighted by molar-refractivity contribution is 0.0934. The predicted molar refractivity (Wildman–Crippen MR) is 105 cm³/mol. The second-order valence-electron chi connectivity index (χ2n) is 6.32. The van der Waals surface area contributed by atoms with Gasteiger partial charge in [-0.25, -0.2) is 0 Å². The second-order valence-corrected chi connectivity index (χ2v) is 6.32. The molecule has 0 aliphatic rings. The quantitative estimate of drug-likeness (QED) is 0.622. The maximum absolute atomic E-state index is 12.9. The summed E-state index contributed by atoms with van der Waals surface area (Å²) in [6.45, 7) is 3.67. The molecule has 1 unspecified atom stereocenters. The van der Waals surface area contributed by atoms with E-state index >= 15 is 0 Å². The number of methoxy groups -OCH3 is 2. The fraction of sp³-hybridized carbons (Fsp3) is 0.286. The molecule has 8 heteroatoms. The summed E-state index contributed by atoms with van der Waals surface area (Å²) in [4.78, 5) is 17.0. The first-order valence-electron chi connectivity index (χ1n) is 9.05. The molecule has 0 radical (unpaired) electrons. The fourth-order valence-corrected chi connectivity index (χ4v) is 2.85. The molecule has 0 aliphatic heterocycles. The summed E-state index contributed by atoms with van der Waals surface area (Å²) < 4.78 is 21.4. The van der Waals surface area contributed by atoms with Crippen LogP contribution in [0, 0.1) is 6.92 Å². The van der Waals surface area contributed by atoms with Crippen LogP contribution in [0.2, 0.25) is 0 Å². The molecule has 152 valence electrons. The predicted octanol–water partition coefficient (Wildman–Crippen LogP) is 3.47. The van der Waals surface area contributed by atoms with E-state index in [1.807, 2.05) is 13.0 Å². The zero-order chi connectivity index (χ0) is 20.8. The molecule has 8 nitrogen and oxygen atoms in total.